The highest BCUT2D eigenvalue weighted by molar-refractivity contribution is 5.90. The van der Waals surface area contributed by atoms with Crippen LogP contribution in [0.5, 0.6) is 11.5 Å². The standard InChI is InChI=1S/C45H48N8O8/c1-24(2)38(50-44(56)58-3)42(54)52-14-8-12-32(52)40-46-20-30(48-40)26-16-28-22-61-35-19-27(17-29-23-60-34(18-26)36(28)37(29)35)31-21-47-41(49-31)33-13-9-15-53(33)43(55)39(51-45(57)59-4)25-10-6-5-7-11-25/h5-7,10-11,16-21,24,32-33,38-39H,8-9,12-15,22-23H2,1-4H3,(H,46,48)(H,47,49)(H,50,56)(H,51,57)/t32-,33-,38?,39+/m0/s1. The molecular weight excluding hydrogens is 781 g/mol. The van der Waals surface area contributed by atoms with Crippen LogP contribution in [-0.4, -0.2) is 87.1 Å². The topological polar surface area (TPSA) is 193 Å². The number of methoxy groups -OCH3 is 2. The van der Waals surface area contributed by atoms with E-state index < -0.39 is 24.3 Å². The third-order valence-corrected chi connectivity index (χ3v) is 12.1. The van der Waals surface area contributed by atoms with Crippen LogP contribution in [-0.2, 0) is 32.3 Å². The summed E-state index contributed by atoms with van der Waals surface area (Å²) in [6, 6.07) is 15.2. The highest BCUT2D eigenvalue weighted by Crippen LogP contribution is 2.51. The highest BCUT2D eigenvalue weighted by Gasteiger charge is 2.39. The number of ether oxygens (including phenoxy) is 4. The third kappa shape index (κ3) is 7.40. The Morgan fingerprint density at radius 3 is 1.74 bits per heavy atom. The molecule has 0 bridgehead atoms. The van der Waals surface area contributed by atoms with Gasteiger partial charge in [0, 0.05) is 46.5 Å². The second-order valence-corrected chi connectivity index (χ2v) is 16.2. The number of aromatic amines is 2. The maximum absolute atomic E-state index is 14.0. The molecule has 0 spiro atoms. The maximum atomic E-state index is 14.0. The van der Waals surface area contributed by atoms with Gasteiger partial charge in [-0.2, -0.15) is 0 Å². The molecule has 4 N–H and O–H groups in total. The molecule has 2 saturated heterocycles. The van der Waals surface area contributed by atoms with E-state index in [0.29, 0.717) is 43.5 Å². The van der Waals surface area contributed by atoms with Crippen LogP contribution < -0.4 is 20.1 Å². The summed E-state index contributed by atoms with van der Waals surface area (Å²) in [4.78, 5) is 72.1. The van der Waals surface area contributed by atoms with Gasteiger partial charge in [0.25, 0.3) is 5.91 Å². The molecule has 4 amide bonds. The Morgan fingerprint density at radius 2 is 1.23 bits per heavy atom. The Morgan fingerprint density at radius 1 is 0.721 bits per heavy atom. The summed E-state index contributed by atoms with van der Waals surface area (Å²) in [7, 11) is 2.56. The Hall–Kier alpha value is -6.84. The quantitative estimate of drug-likeness (QED) is 0.117. The highest BCUT2D eigenvalue weighted by atomic mass is 16.5. The smallest absolute Gasteiger partial charge is 0.407 e. The molecule has 16 nitrogen and oxygen atoms in total. The van der Waals surface area contributed by atoms with Gasteiger partial charge < -0.3 is 49.3 Å². The number of carbonyl (C=O) groups is 4. The van der Waals surface area contributed by atoms with Crippen LogP contribution in [0.15, 0.2) is 67.0 Å². The van der Waals surface area contributed by atoms with Gasteiger partial charge in [0.15, 0.2) is 0 Å². The molecule has 2 fully saturated rings. The number of hydrogen-bond acceptors (Lipinski definition) is 10. The Balaban J connectivity index is 0.941. The summed E-state index contributed by atoms with van der Waals surface area (Å²) in [6.45, 7) is 5.55. The third-order valence-electron chi connectivity index (χ3n) is 12.1. The monoisotopic (exact) mass is 828 g/mol. The number of amides is 4. The fourth-order valence-corrected chi connectivity index (χ4v) is 9.08. The molecule has 4 aliphatic rings. The minimum absolute atomic E-state index is 0.129. The van der Waals surface area contributed by atoms with Crippen LogP contribution in [0.4, 0.5) is 9.59 Å². The lowest BCUT2D eigenvalue weighted by atomic mass is 9.87. The molecule has 3 aromatic carbocycles. The lowest BCUT2D eigenvalue weighted by Crippen LogP contribution is -2.51. The second kappa shape index (κ2) is 16.3. The van der Waals surface area contributed by atoms with Crippen molar-refractivity contribution in [2.45, 2.75) is 76.9 Å². The molecule has 0 radical (unpaired) electrons. The first-order valence-corrected chi connectivity index (χ1v) is 20.7. The van der Waals surface area contributed by atoms with Crippen molar-refractivity contribution in [1.29, 1.82) is 0 Å². The molecule has 1 unspecified atom stereocenters. The number of alkyl carbamates (subject to hydrolysis) is 2. The molecular formula is C45H48N8O8. The zero-order valence-corrected chi connectivity index (χ0v) is 34.4. The minimum atomic E-state index is -0.905. The summed E-state index contributed by atoms with van der Waals surface area (Å²) in [6.07, 6.45) is 5.34. The number of imidazole rings is 2. The van der Waals surface area contributed by atoms with Gasteiger partial charge in [-0.25, -0.2) is 19.6 Å². The predicted molar refractivity (Wildman–Crippen MR) is 222 cm³/mol. The molecule has 0 aliphatic carbocycles. The number of H-pyrrole nitrogens is 2. The summed E-state index contributed by atoms with van der Waals surface area (Å²) in [5.41, 5.74) is 8.00. The van der Waals surface area contributed by atoms with Crippen molar-refractivity contribution in [3.05, 3.63) is 95.3 Å². The molecule has 9 rings (SSSR count). The van der Waals surface area contributed by atoms with E-state index in [9.17, 15) is 19.2 Å². The van der Waals surface area contributed by atoms with Crippen LogP contribution >= 0.6 is 0 Å². The Labute approximate surface area is 352 Å². The number of nitrogens with one attached hydrogen (secondary N) is 4. The minimum Gasteiger partial charge on any atom is -0.488 e. The first-order valence-electron chi connectivity index (χ1n) is 20.7. The fourth-order valence-electron chi connectivity index (χ4n) is 9.08. The molecule has 4 atom stereocenters. The SMILES string of the molecule is COC(=O)NC(C(=O)N1CCC[C@H]1c1ncc(-c2cc3c4c(c2)OCc2cc(-c5cnc([C@@H]6CCCN6C(=O)[C@H](NC(=O)OC)c6ccccc6)[nH]5)cc(c2-4)OC3)[nH]1)C(C)C. The zero-order chi connectivity index (χ0) is 42.4. The van der Waals surface area contributed by atoms with Crippen molar-refractivity contribution in [2.75, 3.05) is 27.3 Å². The first-order chi connectivity index (χ1) is 29.6. The predicted octanol–water partition coefficient (Wildman–Crippen LogP) is 6.72. The van der Waals surface area contributed by atoms with Gasteiger partial charge in [0.2, 0.25) is 5.91 Å². The zero-order valence-electron chi connectivity index (χ0n) is 34.4. The summed E-state index contributed by atoms with van der Waals surface area (Å²) < 4.78 is 22.5. The molecule has 0 saturated carbocycles. The molecule has 61 heavy (non-hydrogen) atoms. The van der Waals surface area contributed by atoms with Crippen molar-refractivity contribution < 1.29 is 38.1 Å². The number of likely N-dealkylation sites (tertiary alicyclic amines) is 2. The van der Waals surface area contributed by atoms with Gasteiger partial charge in [-0.1, -0.05) is 44.2 Å². The van der Waals surface area contributed by atoms with Gasteiger partial charge in [-0.15, -0.1) is 0 Å². The van der Waals surface area contributed by atoms with E-state index in [4.69, 9.17) is 28.9 Å². The second-order valence-electron chi connectivity index (χ2n) is 16.2. The van der Waals surface area contributed by atoms with Crippen molar-refractivity contribution in [3.8, 4) is 45.1 Å². The van der Waals surface area contributed by atoms with Gasteiger partial charge in [0.1, 0.15) is 48.4 Å². The lowest BCUT2D eigenvalue weighted by Gasteiger charge is -2.30. The van der Waals surface area contributed by atoms with Crippen molar-refractivity contribution >= 4 is 24.0 Å². The van der Waals surface area contributed by atoms with Gasteiger partial charge >= 0.3 is 12.2 Å². The van der Waals surface area contributed by atoms with Crippen LogP contribution in [0.1, 0.15) is 86.0 Å². The van der Waals surface area contributed by atoms with Crippen LogP contribution in [0.25, 0.3) is 33.6 Å². The van der Waals surface area contributed by atoms with Crippen molar-refractivity contribution in [2.24, 2.45) is 5.92 Å². The van der Waals surface area contributed by atoms with Gasteiger partial charge in [0.05, 0.1) is 50.1 Å². The van der Waals surface area contributed by atoms with Gasteiger partial charge in [-0.3, -0.25) is 9.59 Å². The summed E-state index contributed by atoms with van der Waals surface area (Å²) in [5, 5.41) is 5.42. The molecule has 316 valence electrons. The average Bonchev–Trinajstić information content (AvgIpc) is 4.13. The number of hydrogen-bond donors (Lipinski definition) is 4. The van der Waals surface area contributed by atoms with Crippen molar-refractivity contribution in [3.63, 3.8) is 0 Å². The van der Waals surface area contributed by atoms with E-state index in [1.165, 1.54) is 14.2 Å². The lowest BCUT2D eigenvalue weighted by molar-refractivity contribution is -0.135. The molecule has 6 heterocycles. The summed E-state index contributed by atoms with van der Waals surface area (Å²) in [5.74, 6) is 2.34. The first kappa shape index (κ1) is 39.6. The normalized spacial score (nSPS) is 18.4. The Kier molecular flexibility index (Phi) is 10.6. The molecule has 4 aliphatic heterocycles. The fraction of sp³-hybridized carbons (Fsp3) is 0.378. The van der Waals surface area contributed by atoms with E-state index in [1.807, 2.05) is 56.3 Å². The van der Waals surface area contributed by atoms with E-state index in [2.05, 4.69) is 32.7 Å². The van der Waals surface area contributed by atoms with Crippen LogP contribution in [0.3, 0.4) is 0 Å². The van der Waals surface area contributed by atoms with E-state index in [1.54, 1.807) is 22.2 Å². The average molecular weight is 829 g/mol. The molecule has 2 aromatic heterocycles. The largest absolute Gasteiger partial charge is 0.488 e. The number of carbonyl (C=O) groups excluding carboxylic acids is 4. The number of nitrogens with zero attached hydrogens (tertiary/aromatic N) is 4. The molecule has 16 heteroatoms. The van der Waals surface area contributed by atoms with Crippen LogP contribution in [0, 0.1) is 5.92 Å². The molecule has 5 aromatic rings. The number of rotatable bonds is 10. The number of benzene rings is 3. The van der Waals surface area contributed by atoms with Crippen LogP contribution in [0.2, 0.25) is 0 Å². The Bertz CT molecular complexity index is 2450. The van der Waals surface area contributed by atoms with Gasteiger partial charge in [-0.05, 0) is 61.4 Å². The number of aromatic nitrogens is 4. The maximum Gasteiger partial charge on any atom is 0.407 e. The van der Waals surface area contributed by atoms with Crippen molar-refractivity contribution in [1.82, 2.24) is 40.4 Å². The van der Waals surface area contributed by atoms with E-state index in [0.717, 1.165) is 82.0 Å². The summed E-state index contributed by atoms with van der Waals surface area (Å²) >= 11 is 0. The van der Waals surface area contributed by atoms with E-state index >= 15 is 0 Å². The van der Waals surface area contributed by atoms with E-state index in [-0.39, 0.29) is 29.8 Å².